The average molecular weight is 234 g/mol. The van der Waals surface area contributed by atoms with Crippen molar-refractivity contribution in [3.63, 3.8) is 0 Å². The van der Waals surface area contributed by atoms with Crippen LogP contribution in [0, 0.1) is 6.92 Å². The van der Waals surface area contributed by atoms with Crippen LogP contribution in [0.15, 0.2) is 12.1 Å². The van der Waals surface area contributed by atoms with Crippen LogP contribution in [0.5, 0.6) is 0 Å². The Hall–Kier alpha value is -1.58. The largest absolute Gasteiger partial charge is 0.478 e. The number of carboxylic acid groups (broad SMARTS) is 1. The van der Waals surface area contributed by atoms with Gasteiger partial charge in [0, 0.05) is 18.3 Å². The minimum Gasteiger partial charge on any atom is -0.478 e. The third-order valence-electron chi connectivity index (χ3n) is 2.97. The number of pyridine rings is 1. The van der Waals surface area contributed by atoms with Gasteiger partial charge in [0.05, 0.1) is 0 Å². The van der Waals surface area contributed by atoms with E-state index in [0.29, 0.717) is 17.4 Å². The van der Waals surface area contributed by atoms with Crippen LogP contribution in [-0.2, 0) is 0 Å². The van der Waals surface area contributed by atoms with E-state index in [1.165, 1.54) is 0 Å². The molecule has 1 saturated carbocycles. The second-order valence-corrected chi connectivity index (χ2v) is 4.55. The minimum atomic E-state index is -0.894. The molecule has 1 aromatic rings. The fourth-order valence-corrected chi connectivity index (χ4v) is 2.02. The molecule has 92 valence electrons. The molecule has 0 amide bonds. The fourth-order valence-electron chi connectivity index (χ4n) is 2.02. The van der Waals surface area contributed by atoms with Gasteiger partial charge in [-0.25, -0.2) is 9.78 Å². The van der Waals surface area contributed by atoms with Crippen LogP contribution in [0.2, 0.25) is 0 Å². The Morgan fingerprint density at radius 1 is 1.53 bits per heavy atom. The summed E-state index contributed by atoms with van der Waals surface area (Å²) in [5.41, 5.74) is 1.18. The number of aromatic nitrogens is 1. The smallest absolute Gasteiger partial charge is 0.339 e. The van der Waals surface area contributed by atoms with Crippen LogP contribution >= 0.6 is 0 Å². The van der Waals surface area contributed by atoms with Crippen molar-refractivity contribution >= 4 is 11.8 Å². The monoisotopic (exact) mass is 234 g/mol. The van der Waals surface area contributed by atoms with Gasteiger partial charge in [-0.1, -0.05) is 6.92 Å². The molecule has 0 unspecified atom stereocenters. The van der Waals surface area contributed by atoms with Gasteiger partial charge in [-0.15, -0.1) is 0 Å². The number of carboxylic acids is 1. The van der Waals surface area contributed by atoms with Gasteiger partial charge in [0.15, 0.2) is 0 Å². The van der Waals surface area contributed by atoms with E-state index in [9.17, 15) is 9.90 Å². The summed E-state index contributed by atoms with van der Waals surface area (Å²) in [5, 5.41) is 9.21. The van der Waals surface area contributed by atoms with Gasteiger partial charge in [0.1, 0.15) is 11.4 Å². The SMILES string of the molecule is CCCN(c1nc(C)ccc1C(=O)O)C1CC1. The molecule has 1 N–H and O–H groups in total. The van der Waals surface area contributed by atoms with E-state index in [1.54, 1.807) is 12.1 Å². The Morgan fingerprint density at radius 2 is 2.24 bits per heavy atom. The highest BCUT2D eigenvalue weighted by Crippen LogP contribution is 2.32. The van der Waals surface area contributed by atoms with Gasteiger partial charge in [0.2, 0.25) is 0 Å². The van der Waals surface area contributed by atoms with Crippen molar-refractivity contribution in [3.05, 3.63) is 23.4 Å². The molecule has 0 radical (unpaired) electrons. The zero-order valence-corrected chi connectivity index (χ0v) is 10.3. The van der Waals surface area contributed by atoms with Gasteiger partial charge in [-0.2, -0.15) is 0 Å². The molecule has 0 aromatic carbocycles. The molecule has 1 aliphatic carbocycles. The minimum absolute atomic E-state index is 0.316. The number of rotatable bonds is 5. The molecule has 0 aliphatic heterocycles. The second-order valence-electron chi connectivity index (χ2n) is 4.55. The Kier molecular flexibility index (Phi) is 3.31. The van der Waals surface area contributed by atoms with Crippen molar-refractivity contribution in [3.8, 4) is 0 Å². The summed E-state index contributed by atoms with van der Waals surface area (Å²) in [7, 11) is 0. The van der Waals surface area contributed by atoms with Crippen LogP contribution < -0.4 is 4.90 Å². The first-order valence-electron chi connectivity index (χ1n) is 6.11. The van der Waals surface area contributed by atoms with Gasteiger partial charge < -0.3 is 10.0 Å². The van der Waals surface area contributed by atoms with Gasteiger partial charge in [0.25, 0.3) is 0 Å². The Bertz CT molecular complexity index is 427. The van der Waals surface area contributed by atoms with E-state index in [1.807, 2.05) is 6.92 Å². The van der Waals surface area contributed by atoms with E-state index in [0.717, 1.165) is 31.5 Å². The van der Waals surface area contributed by atoms with Crippen molar-refractivity contribution in [2.24, 2.45) is 0 Å². The average Bonchev–Trinajstić information content (AvgIpc) is 3.09. The molecule has 4 heteroatoms. The lowest BCUT2D eigenvalue weighted by molar-refractivity contribution is 0.0697. The molecule has 1 heterocycles. The molecule has 0 atom stereocenters. The molecule has 1 aliphatic rings. The molecular weight excluding hydrogens is 216 g/mol. The quantitative estimate of drug-likeness (QED) is 0.850. The first-order chi connectivity index (χ1) is 8.13. The van der Waals surface area contributed by atoms with Crippen molar-refractivity contribution in [2.45, 2.75) is 39.2 Å². The lowest BCUT2D eigenvalue weighted by Crippen LogP contribution is -2.29. The van der Waals surface area contributed by atoms with E-state index in [-0.39, 0.29) is 0 Å². The normalized spacial score (nSPS) is 14.7. The lowest BCUT2D eigenvalue weighted by atomic mass is 10.2. The van der Waals surface area contributed by atoms with Crippen LogP contribution in [0.1, 0.15) is 42.2 Å². The van der Waals surface area contributed by atoms with E-state index in [4.69, 9.17) is 0 Å². The number of aryl methyl sites for hydroxylation is 1. The summed E-state index contributed by atoms with van der Waals surface area (Å²) in [6, 6.07) is 3.90. The van der Waals surface area contributed by atoms with Gasteiger partial charge >= 0.3 is 5.97 Å². The highest BCUT2D eigenvalue weighted by atomic mass is 16.4. The van der Waals surface area contributed by atoms with Gasteiger partial charge in [-0.3, -0.25) is 0 Å². The molecule has 0 spiro atoms. The second kappa shape index (κ2) is 4.73. The summed E-state index contributed by atoms with van der Waals surface area (Å²) in [6.07, 6.45) is 3.30. The topological polar surface area (TPSA) is 53.4 Å². The zero-order valence-electron chi connectivity index (χ0n) is 10.3. The third kappa shape index (κ3) is 2.57. The van der Waals surface area contributed by atoms with Gasteiger partial charge in [-0.05, 0) is 38.3 Å². The Morgan fingerprint density at radius 3 is 2.76 bits per heavy atom. The van der Waals surface area contributed by atoms with Crippen molar-refractivity contribution < 1.29 is 9.90 Å². The number of anilines is 1. The third-order valence-corrected chi connectivity index (χ3v) is 2.97. The first-order valence-corrected chi connectivity index (χ1v) is 6.11. The molecule has 0 bridgehead atoms. The fraction of sp³-hybridized carbons (Fsp3) is 0.538. The number of aromatic carboxylic acids is 1. The number of nitrogens with zero attached hydrogens (tertiary/aromatic N) is 2. The highest BCUT2D eigenvalue weighted by molar-refractivity contribution is 5.93. The molecular formula is C13H18N2O2. The summed E-state index contributed by atoms with van der Waals surface area (Å²) in [5.74, 6) is -0.254. The van der Waals surface area contributed by atoms with Crippen molar-refractivity contribution in [2.75, 3.05) is 11.4 Å². The zero-order chi connectivity index (χ0) is 12.4. The van der Waals surface area contributed by atoms with E-state index < -0.39 is 5.97 Å². The Balaban J connectivity index is 2.39. The van der Waals surface area contributed by atoms with Crippen molar-refractivity contribution in [1.29, 1.82) is 0 Å². The summed E-state index contributed by atoms with van der Waals surface area (Å²) >= 11 is 0. The maximum Gasteiger partial charge on any atom is 0.339 e. The van der Waals surface area contributed by atoms with Crippen LogP contribution in [-0.4, -0.2) is 28.6 Å². The highest BCUT2D eigenvalue weighted by Gasteiger charge is 2.31. The predicted octanol–water partition coefficient (Wildman–Crippen LogP) is 2.47. The summed E-state index contributed by atoms with van der Waals surface area (Å²) in [6.45, 7) is 4.87. The Labute approximate surface area is 101 Å². The molecule has 1 aromatic heterocycles. The predicted molar refractivity (Wildman–Crippen MR) is 66.6 cm³/mol. The maximum atomic E-state index is 11.2. The maximum absolute atomic E-state index is 11.2. The molecule has 4 nitrogen and oxygen atoms in total. The first kappa shape index (κ1) is 11.9. The molecule has 0 saturated heterocycles. The number of hydrogen-bond acceptors (Lipinski definition) is 3. The number of hydrogen-bond donors (Lipinski definition) is 1. The molecule has 17 heavy (non-hydrogen) atoms. The standard InChI is InChI=1S/C13H18N2O2/c1-3-8-15(10-5-6-10)12-11(13(16)17)7-4-9(2)14-12/h4,7,10H,3,5-6,8H2,1-2H3,(H,16,17). The molecule has 1 fully saturated rings. The summed E-state index contributed by atoms with van der Waals surface area (Å²) in [4.78, 5) is 17.8. The molecule has 2 rings (SSSR count). The lowest BCUT2D eigenvalue weighted by Gasteiger charge is -2.24. The van der Waals surface area contributed by atoms with E-state index in [2.05, 4.69) is 16.8 Å². The van der Waals surface area contributed by atoms with Crippen LogP contribution in [0.25, 0.3) is 0 Å². The van der Waals surface area contributed by atoms with Crippen LogP contribution in [0.4, 0.5) is 5.82 Å². The van der Waals surface area contributed by atoms with E-state index >= 15 is 0 Å². The summed E-state index contributed by atoms with van der Waals surface area (Å²) < 4.78 is 0. The van der Waals surface area contributed by atoms with Crippen molar-refractivity contribution in [1.82, 2.24) is 4.98 Å². The van der Waals surface area contributed by atoms with Crippen LogP contribution in [0.3, 0.4) is 0 Å². The number of carbonyl (C=O) groups is 1.